The zero-order valence-corrected chi connectivity index (χ0v) is 17.7. The van der Waals surface area contributed by atoms with Gasteiger partial charge in [-0.3, -0.25) is 9.52 Å². The molecule has 2 aromatic rings. The predicted molar refractivity (Wildman–Crippen MR) is 113 cm³/mol. The molecular weight excluding hydrogens is 400 g/mol. The third-order valence-electron chi connectivity index (χ3n) is 3.66. The van der Waals surface area contributed by atoms with E-state index in [-0.39, 0.29) is 16.6 Å². The van der Waals surface area contributed by atoms with Gasteiger partial charge in [0.05, 0.1) is 20.0 Å². The average molecular weight is 425 g/mol. The molecule has 0 unspecified atom stereocenters. The second kappa shape index (κ2) is 10.2. The monoisotopic (exact) mass is 424 g/mol. The van der Waals surface area contributed by atoms with Gasteiger partial charge in [-0.2, -0.15) is 11.8 Å². The fourth-order valence-corrected chi connectivity index (χ4v) is 4.29. The van der Waals surface area contributed by atoms with Gasteiger partial charge in [0.15, 0.2) is 0 Å². The zero-order chi connectivity index (χ0) is 20.6. The molecule has 152 valence electrons. The van der Waals surface area contributed by atoms with Crippen LogP contribution < -0.4 is 19.5 Å². The fourth-order valence-electron chi connectivity index (χ4n) is 2.34. The van der Waals surface area contributed by atoms with Crippen LogP contribution in [-0.2, 0) is 14.8 Å². The predicted octanol–water partition coefficient (Wildman–Crippen LogP) is 3.59. The number of amides is 1. The first kappa shape index (κ1) is 21.9. The number of thioether (sulfide) groups is 1. The van der Waals surface area contributed by atoms with Gasteiger partial charge in [0.25, 0.3) is 10.0 Å². The van der Waals surface area contributed by atoms with Crippen LogP contribution in [0.15, 0.2) is 47.4 Å². The van der Waals surface area contributed by atoms with Crippen LogP contribution >= 0.6 is 11.8 Å². The van der Waals surface area contributed by atoms with Crippen LogP contribution in [-0.4, -0.2) is 40.1 Å². The topological polar surface area (TPSA) is 93.7 Å². The van der Waals surface area contributed by atoms with Crippen molar-refractivity contribution in [2.24, 2.45) is 0 Å². The highest BCUT2D eigenvalue weighted by molar-refractivity contribution is 7.99. The van der Waals surface area contributed by atoms with Crippen molar-refractivity contribution in [2.75, 3.05) is 35.8 Å². The molecule has 0 spiro atoms. The van der Waals surface area contributed by atoms with Crippen LogP contribution in [0.4, 0.5) is 11.4 Å². The Bertz CT molecular complexity index is 899. The summed E-state index contributed by atoms with van der Waals surface area (Å²) in [4.78, 5) is 11.9. The van der Waals surface area contributed by atoms with Gasteiger partial charge in [0.1, 0.15) is 16.4 Å². The summed E-state index contributed by atoms with van der Waals surface area (Å²) in [5.41, 5.74) is 0.770. The van der Waals surface area contributed by atoms with E-state index in [4.69, 9.17) is 9.47 Å². The van der Waals surface area contributed by atoms with E-state index in [1.165, 1.54) is 38.1 Å². The molecule has 1 amide bonds. The van der Waals surface area contributed by atoms with Gasteiger partial charge in [-0.25, -0.2) is 8.42 Å². The number of nitrogens with one attached hydrogen (secondary N) is 2. The molecule has 0 aliphatic heterocycles. The van der Waals surface area contributed by atoms with Gasteiger partial charge in [0.2, 0.25) is 5.91 Å². The van der Waals surface area contributed by atoms with Crippen molar-refractivity contribution in [3.8, 4) is 11.5 Å². The number of rotatable bonds is 10. The summed E-state index contributed by atoms with van der Waals surface area (Å²) in [6.45, 7) is 2.04. The Balaban J connectivity index is 2.22. The Morgan fingerprint density at radius 1 is 1.04 bits per heavy atom. The second-order valence-electron chi connectivity index (χ2n) is 5.80. The van der Waals surface area contributed by atoms with Gasteiger partial charge >= 0.3 is 0 Å². The summed E-state index contributed by atoms with van der Waals surface area (Å²) in [5.74, 6) is 1.81. The van der Waals surface area contributed by atoms with Crippen molar-refractivity contribution in [2.45, 2.75) is 18.2 Å². The Morgan fingerprint density at radius 3 is 2.32 bits per heavy atom. The molecule has 2 aromatic carbocycles. The van der Waals surface area contributed by atoms with Gasteiger partial charge in [-0.1, -0.05) is 6.92 Å². The van der Waals surface area contributed by atoms with Crippen molar-refractivity contribution in [1.29, 1.82) is 0 Å². The van der Waals surface area contributed by atoms with Gasteiger partial charge < -0.3 is 14.8 Å². The molecule has 28 heavy (non-hydrogen) atoms. The van der Waals surface area contributed by atoms with E-state index in [1.807, 2.05) is 6.92 Å². The minimum Gasteiger partial charge on any atom is -0.497 e. The van der Waals surface area contributed by atoms with Crippen molar-refractivity contribution < 1.29 is 22.7 Å². The number of hydrogen-bond acceptors (Lipinski definition) is 6. The number of benzene rings is 2. The first-order valence-corrected chi connectivity index (χ1v) is 11.3. The van der Waals surface area contributed by atoms with E-state index in [2.05, 4.69) is 10.0 Å². The molecule has 0 aliphatic carbocycles. The molecule has 0 saturated heterocycles. The number of carbonyl (C=O) groups excluding carboxylic acids is 1. The number of sulfonamides is 1. The number of hydrogen-bond donors (Lipinski definition) is 2. The molecule has 0 bridgehead atoms. The quantitative estimate of drug-likeness (QED) is 0.566. The summed E-state index contributed by atoms with van der Waals surface area (Å²) < 4.78 is 38.5. The highest BCUT2D eigenvalue weighted by Gasteiger charge is 2.21. The summed E-state index contributed by atoms with van der Waals surface area (Å²) >= 11 is 1.53. The maximum absolute atomic E-state index is 12.8. The molecule has 0 fully saturated rings. The Morgan fingerprint density at radius 2 is 1.71 bits per heavy atom. The second-order valence-corrected chi connectivity index (χ2v) is 8.56. The lowest BCUT2D eigenvalue weighted by Crippen LogP contribution is -2.17. The molecule has 0 heterocycles. The molecule has 9 heteroatoms. The maximum atomic E-state index is 12.8. The molecule has 0 atom stereocenters. The minimum absolute atomic E-state index is 0.0650. The number of ether oxygens (including phenoxy) is 2. The van der Waals surface area contributed by atoms with Crippen LogP contribution in [0.1, 0.15) is 13.3 Å². The molecule has 2 rings (SSSR count). The minimum atomic E-state index is -3.93. The van der Waals surface area contributed by atoms with Crippen LogP contribution in [0.2, 0.25) is 0 Å². The SMILES string of the molecule is CCCSCC(=O)Nc1ccc(OC)c(S(=O)(=O)Nc2ccc(OC)cc2)c1. The lowest BCUT2D eigenvalue weighted by Gasteiger charge is -2.14. The Kier molecular flexibility index (Phi) is 8.01. The van der Waals surface area contributed by atoms with Crippen LogP contribution in [0, 0.1) is 0 Å². The molecular formula is C19H24N2O5S2. The Labute approximate surface area is 169 Å². The summed E-state index contributed by atoms with van der Waals surface area (Å²) in [5, 5.41) is 2.72. The zero-order valence-electron chi connectivity index (χ0n) is 16.0. The molecule has 2 N–H and O–H groups in total. The highest BCUT2D eigenvalue weighted by Crippen LogP contribution is 2.29. The van der Waals surface area contributed by atoms with Crippen molar-refractivity contribution in [3.05, 3.63) is 42.5 Å². The van der Waals surface area contributed by atoms with Crippen LogP contribution in [0.25, 0.3) is 0 Å². The standard InChI is InChI=1S/C19H24N2O5S2/c1-4-11-27-13-19(22)20-15-7-10-17(26-3)18(12-15)28(23,24)21-14-5-8-16(25-2)9-6-14/h5-10,12,21H,4,11,13H2,1-3H3,(H,20,22). The largest absolute Gasteiger partial charge is 0.497 e. The fraction of sp³-hybridized carbons (Fsp3) is 0.316. The first-order valence-electron chi connectivity index (χ1n) is 8.62. The first-order chi connectivity index (χ1) is 13.4. The molecule has 0 radical (unpaired) electrons. The van der Waals surface area contributed by atoms with E-state index >= 15 is 0 Å². The summed E-state index contributed by atoms with van der Waals surface area (Å²) in [6, 6.07) is 11.0. The number of methoxy groups -OCH3 is 2. The van der Waals surface area contributed by atoms with E-state index < -0.39 is 10.0 Å². The van der Waals surface area contributed by atoms with Crippen LogP contribution in [0.3, 0.4) is 0 Å². The molecule has 7 nitrogen and oxygen atoms in total. The normalized spacial score (nSPS) is 11.0. The lowest BCUT2D eigenvalue weighted by atomic mass is 10.3. The van der Waals surface area contributed by atoms with E-state index in [0.717, 1.165) is 12.2 Å². The Hall–Kier alpha value is -2.39. The van der Waals surface area contributed by atoms with E-state index in [9.17, 15) is 13.2 Å². The third-order valence-corrected chi connectivity index (χ3v) is 6.23. The highest BCUT2D eigenvalue weighted by atomic mass is 32.2. The average Bonchev–Trinajstić information content (AvgIpc) is 2.68. The summed E-state index contributed by atoms with van der Waals surface area (Å²) in [7, 11) is -1.00. The smallest absolute Gasteiger partial charge is 0.265 e. The van der Waals surface area contributed by atoms with Crippen molar-refractivity contribution in [1.82, 2.24) is 0 Å². The summed E-state index contributed by atoms with van der Waals surface area (Å²) in [6.07, 6.45) is 0.986. The lowest BCUT2D eigenvalue weighted by molar-refractivity contribution is -0.113. The number of carbonyl (C=O) groups is 1. The van der Waals surface area contributed by atoms with E-state index in [1.54, 1.807) is 30.3 Å². The third kappa shape index (κ3) is 6.07. The molecule has 0 saturated carbocycles. The van der Waals surface area contributed by atoms with Crippen LogP contribution in [0.5, 0.6) is 11.5 Å². The van der Waals surface area contributed by atoms with Gasteiger partial charge in [-0.05, 0) is 54.6 Å². The van der Waals surface area contributed by atoms with Crippen molar-refractivity contribution >= 4 is 39.1 Å². The molecule has 0 aromatic heterocycles. The molecule has 0 aliphatic rings. The van der Waals surface area contributed by atoms with E-state index in [0.29, 0.717) is 22.9 Å². The van der Waals surface area contributed by atoms with Gasteiger partial charge in [-0.15, -0.1) is 0 Å². The van der Waals surface area contributed by atoms with Gasteiger partial charge in [0, 0.05) is 11.4 Å². The number of anilines is 2. The maximum Gasteiger partial charge on any atom is 0.265 e. The van der Waals surface area contributed by atoms with Crippen molar-refractivity contribution in [3.63, 3.8) is 0 Å².